The fourth-order valence-electron chi connectivity index (χ4n) is 2.92. The molecule has 2 aromatic carbocycles. The maximum Gasteiger partial charge on any atom is 0.297 e. The van der Waals surface area contributed by atoms with Crippen LogP contribution in [-0.4, -0.2) is 23.8 Å². The Hall–Kier alpha value is -3.28. The Kier molecular flexibility index (Phi) is 3.65. The molecule has 0 spiro atoms. The van der Waals surface area contributed by atoms with Gasteiger partial charge in [-0.2, -0.15) is 0 Å². The molecule has 0 atom stereocenters. The third-order valence-corrected chi connectivity index (χ3v) is 4.18. The lowest BCUT2D eigenvalue weighted by molar-refractivity contribution is 0.397. The normalized spacial score (nSPS) is 11.1. The highest BCUT2D eigenvalue weighted by Crippen LogP contribution is 2.26. The van der Waals surface area contributed by atoms with Gasteiger partial charge in [-0.25, -0.2) is 4.98 Å². The predicted molar refractivity (Wildman–Crippen MR) is 94.4 cm³/mol. The SMILES string of the molecule is COc1ccc(OC)c(Cn2cnc3c(oc4ccccc43)c2=O)c1. The zero-order chi connectivity index (χ0) is 17.4. The first kappa shape index (κ1) is 15.3. The van der Waals surface area contributed by atoms with Gasteiger partial charge in [-0.05, 0) is 30.3 Å². The summed E-state index contributed by atoms with van der Waals surface area (Å²) in [6.07, 6.45) is 1.53. The molecular weight excluding hydrogens is 320 g/mol. The number of hydrogen-bond acceptors (Lipinski definition) is 5. The molecule has 2 heterocycles. The van der Waals surface area contributed by atoms with Gasteiger partial charge in [-0.1, -0.05) is 12.1 Å². The van der Waals surface area contributed by atoms with Crippen LogP contribution in [0.25, 0.3) is 22.1 Å². The topological polar surface area (TPSA) is 66.5 Å². The minimum atomic E-state index is -0.230. The van der Waals surface area contributed by atoms with Gasteiger partial charge in [0.05, 0.1) is 27.1 Å². The van der Waals surface area contributed by atoms with Crippen LogP contribution < -0.4 is 15.0 Å². The van der Waals surface area contributed by atoms with E-state index in [1.165, 1.54) is 10.9 Å². The van der Waals surface area contributed by atoms with Crippen LogP contribution in [-0.2, 0) is 6.54 Å². The highest BCUT2D eigenvalue weighted by molar-refractivity contribution is 6.01. The Labute approximate surface area is 143 Å². The lowest BCUT2D eigenvalue weighted by Gasteiger charge is -2.11. The quantitative estimate of drug-likeness (QED) is 0.572. The summed E-state index contributed by atoms with van der Waals surface area (Å²) in [6.45, 7) is 0.305. The maximum atomic E-state index is 12.8. The summed E-state index contributed by atoms with van der Waals surface area (Å²) in [4.78, 5) is 17.2. The molecular formula is C19H16N2O4. The van der Waals surface area contributed by atoms with Crippen molar-refractivity contribution in [3.63, 3.8) is 0 Å². The summed E-state index contributed by atoms with van der Waals surface area (Å²) in [7, 11) is 3.19. The van der Waals surface area contributed by atoms with Crippen molar-refractivity contribution in [2.45, 2.75) is 6.54 Å². The first-order chi connectivity index (χ1) is 12.2. The number of ether oxygens (including phenoxy) is 2. The van der Waals surface area contributed by atoms with E-state index in [0.29, 0.717) is 29.1 Å². The van der Waals surface area contributed by atoms with Crippen molar-refractivity contribution >= 4 is 22.1 Å². The summed E-state index contributed by atoms with van der Waals surface area (Å²) in [6, 6.07) is 12.9. The lowest BCUT2D eigenvalue weighted by Crippen LogP contribution is -2.20. The molecule has 4 aromatic rings. The number of para-hydroxylation sites is 1. The molecule has 6 nitrogen and oxygen atoms in total. The molecule has 0 amide bonds. The molecule has 0 saturated heterocycles. The van der Waals surface area contributed by atoms with E-state index in [0.717, 1.165) is 10.9 Å². The number of fused-ring (bicyclic) bond motifs is 3. The minimum Gasteiger partial charge on any atom is -0.497 e. The molecule has 0 radical (unpaired) electrons. The molecule has 0 fully saturated rings. The Morgan fingerprint density at radius 1 is 1.12 bits per heavy atom. The molecule has 126 valence electrons. The second-order valence-electron chi connectivity index (χ2n) is 5.63. The molecule has 0 aliphatic heterocycles. The monoisotopic (exact) mass is 336 g/mol. The van der Waals surface area contributed by atoms with Gasteiger partial charge in [-0.15, -0.1) is 0 Å². The van der Waals surface area contributed by atoms with Gasteiger partial charge >= 0.3 is 0 Å². The van der Waals surface area contributed by atoms with Crippen molar-refractivity contribution in [2.24, 2.45) is 0 Å². The van der Waals surface area contributed by atoms with Gasteiger partial charge in [0.25, 0.3) is 5.56 Å². The van der Waals surface area contributed by atoms with Crippen molar-refractivity contribution in [1.82, 2.24) is 9.55 Å². The largest absolute Gasteiger partial charge is 0.497 e. The van der Waals surface area contributed by atoms with E-state index in [4.69, 9.17) is 13.9 Å². The second kappa shape index (κ2) is 5.98. The molecule has 0 unspecified atom stereocenters. The molecule has 2 aromatic heterocycles. The Morgan fingerprint density at radius 3 is 2.76 bits per heavy atom. The average Bonchev–Trinajstić information content (AvgIpc) is 3.03. The summed E-state index contributed by atoms with van der Waals surface area (Å²) in [5.41, 5.74) is 2.08. The van der Waals surface area contributed by atoms with Crippen molar-refractivity contribution in [1.29, 1.82) is 0 Å². The van der Waals surface area contributed by atoms with Crippen LogP contribution >= 0.6 is 0 Å². The number of methoxy groups -OCH3 is 2. The molecule has 25 heavy (non-hydrogen) atoms. The fourth-order valence-corrected chi connectivity index (χ4v) is 2.92. The summed E-state index contributed by atoms with van der Waals surface area (Å²) < 4.78 is 17.8. The number of rotatable bonds is 4. The van der Waals surface area contributed by atoms with Gasteiger partial charge < -0.3 is 13.9 Å². The molecule has 0 aliphatic rings. The zero-order valence-electron chi connectivity index (χ0n) is 13.9. The maximum absolute atomic E-state index is 12.8. The molecule has 0 saturated carbocycles. The van der Waals surface area contributed by atoms with E-state index in [2.05, 4.69) is 4.98 Å². The first-order valence-electron chi connectivity index (χ1n) is 7.79. The number of nitrogens with zero attached hydrogens (tertiary/aromatic N) is 2. The third-order valence-electron chi connectivity index (χ3n) is 4.18. The van der Waals surface area contributed by atoms with Crippen molar-refractivity contribution in [3.05, 3.63) is 64.7 Å². The number of hydrogen-bond donors (Lipinski definition) is 0. The van der Waals surface area contributed by atoms with Gasteiger partial charge in [0.1, 0.15) is 22.6 Å². The van der Waals surface area contributed by atoms with E-state index in [-0.39, 0.29) is 11.1 Å². The van der Waals surface area contributed by atoms with Gasteiger partial charge in [0.2, 0.25) is 5.58 Å². The van der Waals surface area contributed by atoms with E-state index in [1.54, 1.807) is 14.2 Å². The molecule has 0 aliphatic carbocycles. The first-order valence-corrected chi connectivity index (χ1v) is 7.79. The molecule has 6 heteroatoms. The molecule has 4 rings (SSSR count). The summed E-state index contributed by atoms with van der Waals surface area (Å²) in [5.74, 6) is 1.37. The van der Waals surface area contributed by atoms with E-state index >= 15 is 0 Å². The van der Waals surface area contributed by atoms with Crippen LogP contribution in [0.1, 0.15) is 5.56 Å². The molecule has 0 N–H and O–H groups in total. The van der Waals surface area contributed by atoms with E-state index in [9.17, 15) is 4.79 Å². The van der Waals surface area contributed by atoms with Crippen LogP contribution in [0.15, 0.2) is 58.0 Å². The molecule has 0 bridgehead atoms. The lowest BCUT2D eigenvalue weighted by atomic mass is 10.2. The highest BCUT2D eigenvalue weighted by atomic mass is 16.5. The van der Waals surface area contributed by atoms with Crippen LogP contribution in [0, 0.1) is 0 Å². The Bertz CT molecular complexity index is 1130. The number of aromatic nitrogens is 2. The van der Waals surface area contributed by atoms with E-state index in [1.807, 2.05) is 42.5 Å². The average molecular weight is 336 g/mol. The predicted octanol–water partition coefficient (Wildman–Crippen LogP) is 3.21. The standard InChI is InChI=1S/C19H16N2O4/c1-23-13-7-8-15(24-2)12(9-13)10-21-11-20-17-14-5-3-4-6-16(14)25-18(17)19(21)22/h3-9,11H,10H2,1-2H3. The van der Waals surface area contributed by atoms with Crippen molar-refractivity contribution in [3.8, 4) is 11.5 Å². The van der Waals surface area contributed by atoms with E-state index < -0.39 is 0 Å². The Balaban J connectivity index is 1.84. The van der Waals surface area contributed by atoms with Crippen molar-refractivity contribution in [2.75, 3.05) is 14.2 Å². The van der Waals surface area contributed by atoms with Crippen LogP contribution in [0.5, 0.6) is 11.5 Å². The van der Waals surface area contributed by atoms with Gasteiger partial charge in [-0.3, -0.25) is 9.36 Å². The van der Waals surface area contributed by atoms with Crippen LogP contribution in [0.2, 0.25) is 0 Å². The van der Waals surface area contributed by atoms with Gasteiger partial charge in [0, 0.05) is 10.9 Å². The second-order valence-corrected chi connectivity index (χ2v) is 5.63. The zero-order valence-corrected chi connectivity index (χ0v) is 13.9. The summed E-state index contributed by atoms with van der Waals surface area (Å²) >= 11 is 0. The number of benzene rings is 2. The van der Waals surface area contributed by atoms with Crippen LogP contribution in [0.4, 0.5) is 0 Å². The number of furan rings is 1. The highest BCUT2D eigenvalue weighted by Gasteiger charge is 2.14. The smallest absolute Gasteiger partial charge is 0.297 e. The van der Waals surface area contributed by atoms with Crippen LogP contribution in [0.3, 0.4) is 0 Å². The van der Waals surface area contributed by atoms with Crippen molar-refractivity contribution < 1.29 is 13.9 Å². The fraction of sp³-hybridized carbons (Fsp3) is 0.158. The Morgan fingerprint density at radius 2 is 1.96 bits per heavy atom. The third kappa shape index (κ3) is 2.52. The van der Waals surface area contributed by atoms with Gasteiger partial charge in [0.15, 0.2) is 0 Å². The summed E-state index contributed by atoms with van der Waals surface area (Å²) in [5, 5.41) is 0.834. The minimum absolute atomic E-state index is 0.230.